The number of nitrogens with one attached hydrogen (secondary N) is 1. The molecule has 1 N–H and O–H groups in total. The molecule has 2 heterocycles. The molecule has 2 aliphatic heterocycles. The number of ether oxygens (including phenoxy) is 1. The molecule has 0 aliphatic carbocycles. The molecule has 0 aromatic rings. The Bertz CT molecular complexity index is 323. The fourth-order valence-corrected chi connectivity index (χ4v) is 3.76. The first-order valence-electron chi connectivity index (χ1n) is 4.98. The summed E-state index contributed by atoms with van der Waals surface area (Å²) < 4.78 is 28.5. The van der Waals surface area contributed by atoms with Crippen LogP contribution in [-0.4, -0.2) is 44.2 Å². The van der Waals surface area contributed by atoms with Gasteiger partial charge in [-0.1, -0.05) is 0 Å². The van der Waals surface area contributed by atoms with Gasteiger partial charge in [0.2, 0.25) is 0 Å². The Hall–Kier alpha value is -0.130. The molecule has 2 unspecified atom stereocenters. The van der Waals surface area contributed by atoms with Crippen molar-refractivity contribution < 1.29 is 13.2 Å². The molecule has 0 saturated carbocycles. The van der Waals surface area contributed by atoms with Crippen molar-refractivity contribution in [1.29, 1.82) is 0 Å². The monoisotopic (exact) mass is 219 g/mol. The van der Waals surface area contributed by atoms with E-state index in [9.17, 15) is 8.42 Å². The summed E-state index contributed by atoms with van der Waals surface area (Å²) >= 11 is 0. The van der Waals surface area contributed by atoms with Crippen LogP contribution in [0, 0.1) is 0 Å². The zero-order valence-electron chi connectivity index (χ0n) is 8.62. The average molecular weight is 219 g/mol. The predicted octanol–water partition coefficient (Wildman–Crippen LogP) is -0.0595. The standard InChI is InChI=1S/C9H17NO3S/c1-9(2)6-13-8-3-4-14(11,12)5-7(8)10-9/h7-8,10H,3-6H2,1-2H3. The quantitative estimate of drug-likeness (QED) is 0.620. The minimum atomic E-state index is -2.85. The van der Waals surface area contributed by atoms with Crippen LogP contribution in [0.5, 0.6) is 0 Å². The van der Waals surface area contributed by atoms with E-state index in [1.807, 2.05) is 13.8 Å². The Labute approximate surface area is 84.9 Å². The van der Waals surface area contributed by atoms with Crippen LogP contribution in [0.25, 0.3) is 0 Å². The number of morpholine rings is 1. The molecule has 5 heteroatoms. The van der Waals surface area contributed by atoms with E-state index < -0.39 is 9.84 Å². The van der Waals surface area contributed by atoms with Gasteiger partial charge in [-0.05, 0) is 20.3 Å². The first-order valence-corrected chi connectivity index (χ1v) is 6.80. The van der Waals surface area contributed by atoms with Crippen molar-refractivity contribution in [2.24, 2.45) is 0 Å². The summed E-state index contributed by atoms with van der Waals surface area (Å²) in [5.74, 6) is 0.497. The van der Waals surface area contributed by atoms with Gasteiger partial charge >= 0.3 is 0 Å². The molecule has 14 heavy (non-hydrogen) atoms. The Balaban J connectivity index is 2.12. The zero-order chi connectivity index (χ0) is 10.4. The Kier molecular flexibility index (Phi) is 2.36. The van der Waals surface area contributed by atoms with Crippen molar-refractivity contribution in [3.05, 3.63) is 0 Å². The van der Waals surface area contributed by atoms with Crippen molar-refractivity contribution in [2.75, 3.05) is 18.1 Å². The zero-order valence-corrected chi connectivity index (χ0v) is 9.43. The molecule has 0 radical (unpaired) electrons. The first kappa shape index (κ1) is 10.4. The highest BCUT2D eigenvalue weighted by molar-refractivity contribution is 7.91. The second-order valence-corrected chi connectivity index (χ2v) is 7.12. The average Bonchev–Trinajstić information content (AvgIpc) is 1.99. The van der Waals surface area contributed by atoms with E-state index in [4.69, 9.17) is 4.74 Å². The first-order chi connectivity index (χ1) is 6.38. The maximum atomic E-state index is 11.4. The largest absolute Gasteiger partial charge is 0.375 e. The topological polar surface area (TPSA) is 55.4 Å². The smallest absolute Gasteiger partial charge is 0.152 e. The van der Waals surface area contributed by atoms with Crippen molar-refractivity contribution in [3.63, 3.8) is 0 Å². The molecule has 0 amide bonds. The van der Waals surface area contributed by atoms with Gasteiger partial charge in [0.15, 0.2) is 9.84 Å². The minimum absolute atomic E-state index is 0.0162. The maximum absolute atomic E-state index is 11.4. The summed E-state index contributed by atoms with van der Waals surface area (Å²) in [6.45, 7) is 4.73. The van der Waals surface area contributed by atoms with Crippen molar-refractivity contribution in [2.45, 2.75) is 38.0 Å². The van der Waals surface area contributed by atoms with Gasteiger partial charge in [-0.3, -0.25) is 0 Å². The normalized spacial score (nSPS) is 40.1. The fourth-order valence-electron chi connectivity index (χ4n) is 2.15. The second-order valence-electron chi connectivity index (χ2n) is 4.89. The van der Waals surface area contributed by atoms with Crippen LogP contribution in [0.15, 0.2) is 0 Å². The molecule has 2 rings (SSSR count). The number of rotatable bonds is 0. The van der Waals surface area contributed by atoms with E-state index in [1.165, 1.54) is 0 Å². The van der Waals surface area contributed by atoms with E-state index in [-0.39, 0.29) is 29.2 Å². The molecular formula is C9H17NO3S. The van der Waals surface area contributed by atoms with Crippen LogP contribution in [0.3, 0.4) is 0 Å². The third-order valence-electron chi connectivity index (χ3n) is 2.83. The lowest BCUT2D eigenvalue weighted by Gasteiger charge is -2.44. The summed E-state index contributed by atoms with van der Waals surface area (Å²) in [6, 6.07) is -0.0162. The van der Waals surface area contributed by atoms with Crippen molar-refractivity contribution in [1.82, 2.24) is 5.32 Å². The highest BCUT2D eigenvalue weighted by Crippen LogP contribution is 2.23. The van der Waals surface area contributed by atoms with Gasteiger partial charge in [0.1, 0.15) is 0 Å². The summed E-state index contributed by atoms with van der Waals surface area (Å²) in [5, 5.41) is 3.35. The highest BCUT2D eigenvalue weighted by atomic mass is 32.2. The number of sulfone groups is 1. The lowest BCUT2D eigenvalue weighted by atomic mass is 9.98. The lowest BCUT2D eigenvalue weighted by molar-refractivity contribution is -0.0498. The second kappa shape index (κ2) is 3.18. The summed E-state index contributed by atoms with van der Waals surface area (Å²) in [4.78, 5) is 0. The van der Waals surface area contributed by atoms with Gasteiger partial charge in [-0.2, -0.15) is 0 Å². The molecule has 0 bridgehead atoms. The Morgan fingerprint density at radius 3 is 2.86 bits per heavy atom. The molecule has 2 saturated heterocycles. The van der Waals surface area contributed by atoms with Crippen LogP contribution < -0.4 is 5.32 Å². The molecular weight excluding hydrogens is 202 g/mol. The van der Waals surface area contributed by atoms with Crippen LogP contribution >= 0.6 is 0 Å². The van der Waals surface area contributed by atoms with E-state index in [0.29, 0.717) is 13.0 Å². The number of fused-ring (bicyclic) bond motifs is 1. The number of hydrogen-bond donors (Lipinski definition) is 1. The summed E-state index contributed by atoms with van der Waals surface area (Å²) in [6.07, 6.45) is 0.724. The van der Waals surface area contributed by atoms with Crippen LogP contribution in [-0.2, 0) is 14.6 Å². The van der Waals surface area contributed by atoms with Crippen molar-refractivity contribution in [3.8, 4) is 0 Å². The highest BCUT2D eigenvalue weighted by Gasteiger charge is 2.40. The van der Waals surface area contributed by atoms with Gasteiger partial charge in [-0.15, -0.1) is 0 Å². The summed E-state index contributed by atoms with van der Waals surface area (Å²) in [7, 11) is -2.85. The SMILES string of the molecule is CC1(C)COC2CCS(=O)(=O)CC2N1. The number of hydrogen-bond acceptors (Lipinski definition) is 4. The molecule has 82 valence electrons. The molecule has 0 spiro atoms. The van der Waals surface area contributed by atoms with Crippen LogP contribution in [0.2, 0.25) is 0 Å². The van der Waals surface area contributed by atoms with Gasteiger partial charge in [0.05, 0.1) is 24.2 Å². The molecule has 2 aliphatic rings. The van der Waals surface area contributed by atoms with Crippen molar-refractivity contribution >= 4 is 9.84 Å². The third kappa shape index (κ3) is 2.10. The fraction of sp³-hybridized carbons (Fsp3) is 1.00. The van der Waals surface area contributed by atoms with Gasteiger partial charge in [0.25, 0.3) is 0 Å². The van der Waals surface area contributed by atoms with E-state index >= 15 is 0 Å². The van der Waals surface area contributed by atoms with E-state index in [2.05, 4.69) is 5.32 Å². The van der Waals surface area contributed by atoms with Gasteiger partial charge in [-0.25, -0.2) is 8.42 Å². The molecule has 4 nitrogen and oxygen atoms in total. The summed E-state index contributed by atoms with van der Waals surface area (Å²) in [5.41, 5.74) is -0.103. The molecule has 2 fully saturated rings. The van der Waals surface area contributed by atoms with Gasteiger partial charge in [0, 0.05) is 11.6 Å². The van der Waals surface area contributed by atoms with E-state index in [1.54, 1.807) is 0 Å². The van der Waals surface area contributed by atoms with Gasteiger partial charge < -0.3 is 10.1 Å². The Morgan fingerprint density at radius 2 is 2.14 bits per heavy atom. The third-order valence-corrected chi connectivity index (χ3v) is 4.55. The van der Waals surface area contributed by atoms with Crippen LogP contribution in [0.4, 0.5) is 0 Å². The van der Waals surface area contributed by atoms with Crippen LogP contribution in [0.1, 0.15) is 20.3 Å². The maximum Gasteiger partial charge on any atom is 0.152 e. The molecule has 0 aromatic carbocycles. The Morgan fingerprint density at radius 1 is 1.43 bits per heavy atom. The van der Waals surface area contributed by atoms with E-state index in [0.717, 1.165) is 0 Å². The molecule has 2 atom stereocenters. The minimum Gasteiger partial charge on any atom is -0.375 e. The predicted molar refractivity (Wildman–Crippen MR) is 54.0 cm³/mol. The molecule has 0 aromatic heterocycles. The lowest BCUT2D eigenvalue weighted by Crippen LogP contribution is -2.63.